The van der Waals surface area contributed by atoms with Crippen molar-refractivity contribution in [1.82, 2.24) is 14.9 Å². The van der Waals surface area contributed by atoms with E-state index in [2.05, 4.69) is 47.6 Å². The quantitative estimate of drug-likeness (QED) is 0.569. The van der Waals surface area contributed by atoms with Crippen molar-refractivity contribution in [2.24, 2.45) is 7.05 Å². The first-order valence-electron chi connectivity index (χ1n) is 9.48. The summed E-state index contributed by atoms with van der Waals surface area (Å²) in [6.07, 6.45) is 1.87. The Morgan fingerprint density at radius 2 is 1.89 bits per heavy atom. The summed E-state index contributed by atoms with van der Waals surface area (Å²) in [5.74, 6) is -0.137. The number of benzene rings is 2. The van der Waals surface area contributed by atoms with Gasteiger partial charge in [0, 0.05) is 31.1 Å². The summed E-state index contributed by atoms with van der Waals surface area (Å²) >= 11 is 0. The van der Waals surface area contributed by atoms with Crippen molar-refractivity contribution in [2.45, 2.75) is 19.8 Å². The van der Waals surface area contributed by atoms with Crippen LogP contribution >= 0.6 is 0 Å². The van der Waals surface area contributed by atoms with E-state index in [1.54, 1.807) is 17.7 Å². The Hall–Kier alpha value is -3.34. The number of H-pyrrole nitrogens is 1. The van der Waals surface area contributed by atoms with Gasteiger partial charge in [-0.2, -0.15) is 0 Å². The van der Waals surface area contributed by atoms with Crippen LogP contribution in [0.1, 0.15) is 41.4 Å². The molecule has 0 saturated heterocycles. The summed E-state index contributed by atoms with van der Waals surface area (Å²) in [5.41, 5.74) is 2.92. The average molecular weight is 373 g/mol. The molecule has 142 valence electrons. The molecule has 0 aliphatic heterocycles. The minimum absolute atomic E-state index is 0.0665. The fourth-order valence-corrected chi connectivity index (χ4v) is 3.74. The molecule has 4 aromatic rings. The largest absolute Gasteiger partial charge is 0.351 e. The number of fused-ring (bicyclic) bond motifs is 2. The Morgan fingerprint density at radius 3 is 2.64 bits per heavy atom. The maximum Gasteiger partial charge on any atom is 0.274 e. The zero-order valence-electron chi connectivity index (χ0n) is 16.2. The maximum atomic E-state index is 12.6. The van der Waals surface area contributed by atoms with Crippen molar-refractivity contribution < 1.29 is 4.79 Å². The van der Waals surface area contributed by atoms with Crippen molar-refractivity contribution in [1.29, 1.82) is 0 Å². The van der Waals surface area contributed by atoms with Gasteiger partial charge in [0.2, 0.25) is 0 Å². The predicted octanol–water partition coefficient (Wildman–Crippen LogP) is 3.92. The maximum absolute atomic E-state index is 12.6. The smallest absolute Gasteiger partial charge is 0.274 e. The number of aryl methyl sites for hydroxylation is 1. The fourth-order valence-electron chi connectivity index (χ4n) is 3.74. The third-order valence-corrected chi connectivity index (χ3v) is 5.32. The van der Waals surface area contributed by atoms with E-state index in [4.69, 9.17) is 0 Å². The molecule has 5 nitrogen and oxygen atoms in total. The first-order chi connectivity index (χ1) is 13.5. The summed E-state index contributed by atoms with van der Waals surface area (Å²) in [4.78, 5) is 27.9. The Labute approximate surface area is 163 Å². The van der Waals surface area contributed by atoms with Gasteiger partial charge in [0.05, 0.1) is 0 Å². The van der Waals surface area contributed by atoms with Crippen LogP contribution in [0.4, 0.5) is 0 Å². The second-order valence-corrected chi connectivity index (χ2v) is 7.16. The van der Waals surface area contributed by atoms with E-state index in [1.807, 2.05) is 25.3 Å². The second kappa shape index (κ2) is 7.00. The van der Waals surface area contributed by atoms with Gasteiger partial charge in [-0.1, -0.05) is 49.4 Å². The number of aromatic amines is 1. The van der Waals surface area contributed by atoms with E-state index in [9.17, 15) is 9.59 Å². The minimum atomic E-state index is -0.204. The van der Waals surface area contributed by atoms with Crippen LogP contribution in [0.15, 0.2) is 59.5 Å². The van der Waals surface area contributed by atoms with Crippen molar-refractivity contribution in [3.8, 4) is 0 Å². The first kappa shape index (κ1) is 18.0. The topological polar surface area (TPSA) is 66.9 Å². The molecule has 1 unspecified atom stereocenters. The zero-order valence-corrected chi connectivity index (χ0v) is 16.2. The molecule has 5 heteroatoms. The molecule has 2 N–H and O–H groups in total. The summed E-state index contributed by atoms with van der Waals surface area (Å²) < 4.78 is 1.58. The molecule has 1 amide bonds. The van der Waals surface area contributed by atoms with Crippen LogP contribution in [0.25, 0.3) is 21.7 Å². The number of pyridine rings is 1. The zero-order chi connectivity index (χ0) is 19.8. The van der Waals surface area contributed by atoms with Gasteiger partial charge >= 0.3 is 0 Å². The molecule has 0 radical (unpaired) electrons. The van der Waals surface area contributed by atoms with Gasteiger partial charge in [0.15, 0.2) is 0 Å². The number of hydrogen-bond donors (Lipinski definition) is 2. The predicted molar refractivity (Wildman–Crippen MR) is 113 cm³/mol. The molecule has 0 saturated carbocycles. The van der Waals surface area contributed by atoms with Crippen LogP contribution in [0.2, 0.25) is 0 Å². The molecule has 0 aliphatic carbocycles. The molecule has 1 atom stereocenters. The molecular weight excluding hydrogens is 350 g/mol. The van der Waals surface area contributed by atoms with E-state index in [0.717, 1.165) is 10.9 Å². The van der Waals surface area contributed by atoms with Gasteiger partial charge in [0.25, 0.3) is 11.5 Å². The van der Waals surface area contributed by atoms with Crippen molar-refractivity contribution >= 4 is 27.6 Å². The molecule has 4 rings (SSSR count). The van der Waals surface area contributed by atoms with Gasteiger partial charge in [-0.15, -0.1) is 0 Å². The number of aromatic nitrogens is 2. The summed E-state index contributed by atoms with van der Waals surface area (Å²) in [6, 6.07) is 16.5. The van der Waals surface area contributed by atoms with Crippen molar-refractivity contribution in [3.05, 3.63) is 81.9 Å². The van der Waals surface area contributed by atoms with E-state index in [-0.39, 0.29) is 17.4 Å². The Balaban J connectivity index is 1.87. The highest BCUT2D eigenvalue weighted by Crippen LogP contribution is 2.31. The molecule has 0 aliphatic rings. The molecule has 28 heavy (non-hydrogen) atoms. The lowest BCUT2D eigenvalue weighted by Gasteiger charge is -2.16. The van der Waals surface area contributed by atoms with E-state index < -0.39 is 0 Å². The molecule has 2 aromatic heterocycles. The van der Waals surface area contributed by atoms with Crippen LogP contribution in [0.3, 0.4) is 0 Å². The Morgan fingerprint density at radius 1 is 1.14 bits per heavy atom. The average Bonchev–Trinajstić information content (AvgIpc) is 3.16. The molecular formula is C23H23N3O2. The molecule has 2 aromatic carbocycles. The normalized spacial score (nSPS) is 12.4. The number of nitrogens with one attached hydrogen (secondary N) is 2. The molecule has 0 bridgehead atoms. The number of amides is 1. The van der Waals surface area contributed by atoms with Crippen molar-refractivity contribution in [2.75, 3.05) is 6.54 Å². The monoisotopic (exact) mass is 373 g/mol. The standard InChI is InChI=1S/C23H23N3O2/c1-4-24-22(27)20-12-18-19(13-26(3)23(28)21(18)25-20)14(2)16-10-9-15-7-5-6-8-17(15)11-16/h5-14,25H,4H2,1-3H3,(H,24,27). The summed E-state index contributed by atoms with van der Waals surface area (Å²) in [6.45, 7) is 4.53. The SMILES string of the molecule is CCNC(=O)c1cc2c(C(C)c3ccc4ccccc4c3)cn(C)c(=O)c2[nH]1. The van der Waals surface area contributed by atoms with Crippen LogP contribution < -0.4 is 10.9 Å². The lowest BCUT2D eigenvalue weighted by Crippen LogP contribution is -2.23. The van der Waals surface area contributed by atoms with E-state index >= 15 is 0 Å². The number of rotatable bonds is 4. The lowest BCUT2D eigenvalue weighted by atomic mass is 9.90. The van der Waals surface area contributed by atoms with Gasteiger partial charge < -0.3 is 14.9 Å². The molecule has 0 fully saturated rings. The summed E-state index contributed by atoms with van der Waals surface area (Å²) in [5, 5.41) is 5.96. The van der Waals surface area contributed by atoms with E-state index in [1.165, 1.54) is 16.3 Å². The Bertz CT molecular complexity index is 1250. The second-order valence-electron chi connectivity index (χ2n) is 7.16. The number of nitrogens with zero attached hydrogens (tertiary/aromatic N) is 1. The summed E-state index contributed by atoms with van der Waals surface area (Å²) in [7, 11) is 1.74. The van der Waals surface area contributed by atoms with Crippen LogP contribution in [-0.4, -0.2) is 22.0 Å². The molecule has 2 heterocycles. The lowest BCUT2D eigenvalue weighted by molar-refractivity contribution is 0.0951. The highest BCUT2D eigenvalue weighted by Gasteiger charge is 2.19. The fraction of sp³-hybridized carbons (Fsp3) is 0.217. The van der Waals surface area contributed by atoms with Crippen molar-refractivity contribution in [3.63, 3.8) is 0 Å². The molecule has 0 spiro atoms. The number of carbonyl (C=O) groups excluding carboxylic acids is 1. The minimum Gasteiger partial charge on any atom is -0.351 e. The van der Waals surface area contributed by atoms with Gasteiger partial charge in [0.1, 0.15) is 11.2 Å². The highest BCUT2D eigenvalue weighted by atomic mass is 16.2. The van der Waals surface area contributed by atoms with Crippen LogP contribution in [0, 0.1) is 0 Å². The third-order valence-electron chi connectivity index (χ3n) is 5.32. The first-order valence-corrected chi connectivity index (χ1v) is 9.48. The Kier molecular flexibility index (Phi) is 4.51. The van der Waals surface area contributed by atoms with Crippen LogP contribution in [0.5, 0.6) is 0 Å². The highest BCUT2D eigenvalue weighted by molar-refractivity contribution is 5.98. The van der Waals surface area contributed by atoms with Gasteiger partial charge in [-0.05, 0) is 34.9 Å². The van der Waals surface area contributed by atoms with Gasteiger partial charge in [-0.25, -0.2) is 0 Å². The van der Waals surface area contributed by atoms with Crippen LogP contribution in [-0.2, 0) is 7.05 Å². The van der Waals surface area contributed by atoms with Gasteiger partial charge in [-0.3, -0.25) is 9.59 Å². The number of hydrogen-bond acceptors (Lipinski definition) is 2. The number of carbonyl (C=O) groups is 1. The third kappa shape index (κ3) is 2.99. The van der Waals surface area contributed by atoms with E-state index in [0.29, 0.717) is 17.8 Å².